The molecule has 1 heterocycles. The molecular formula is C10H15ClN4O2. The topological polar surface area (TPSA) is 71.4 Å². The number of rotatable bonds is 6. The first kappa shape index (κ1) is 12.3. The van der Waals surface area contributed by atoms with Crippen molar-refractivity contribution in [1.82, 2.24) is 15.0 Å². The fourth-order valence-corrected chi connectivity index (χ4v) is 1.73. The number of ether oxygens (including phenoxy) is 1. The summed E-state index contributed by atoms with van der Waals surface area (Å²) in [6.07, 6.45) is 2.18. The van der Waals surface area contributed by atoms with Gasteiger partial charge in [-0.2, -0.15) is 15.0 Å². The lowest BCUT2D eigenvalue weighted by Gasteiger charge is -2.21. The van der Waals surface area contributed by atoms with Crippen molar-refractivity contribution in [2.24, 2.45) is 0 Å². The fraction of sp³-hybridized carbons (Fsp3) is 0.700. The van der Waals surface area contributed by atoms with Crippen molar-refractivity contribution in [2.45, 2.75) is 25.8 Å². The van der Waals surface area contributed by atoms with Crippen LogP contribution < -0.4 is 9.64 Å². The highest BCUT2D eigenvalue weighted by molar-refractivity contribution is 6.28. The molecule has 0 bridgehead atoms. The Morgan fingerprint density at radius 1 is 1.41 bits per heavy atom. The summed E-state index contributed by atoms with van der Waals surface area (Å²) in [6.45, 7) is 2.88. The van der Waals surface area contributed by atoms with Crippen LogP contribution in [0.15, 0.2) is 0 Å². The van der Waals surface area contributed by atoms with E-state index in [1.807, 2.05) is 11.8 Å². The van der Waals surface area contributed by atoms with E-state index in [0.717, 1.165) is 12.8 Å². The van der Waals surface area contributed by atoms with Crippen LogP contribution in [0.25, 0.3) is 0 Å². The van der Waals surface area contributed by atoms with E-state index in [1.165, 1.54) is 0 Å². The highest BCUT2D eigenvalue weighted by Crippen LogP contribution is 2.30. The predicted octanol–water partition coefficient (Wildman–Crippen LogP) is 0.885. The molecule has 1 aromatic rings. The van der Waals surface area contributed by atoms with E-state index in [1.54, 1.807) is 0 Å². The second-order valence-electron chi connectivity index (χ2n) is 3.77. The van der Waals surface area contributed by atoms with Crippen LogP contribution >= 0.6 is 11.6 Å². The van der Waals surface area contributed by atoms with E-state index in [9.17, 15) is 0 Å². The van der Waals surface area contributed by atoms with Crippen LogP contribution in [0.5, 0.6) is 6.01 Å². The van der Waals surface area contributed by atoms with Gasteiger partial charge >= 0.3 is 6.01 Å². The Bertz CT molecular complexity index is 387. The summed E-state index contributed by atoms with van der Waals surface area (Å²) in [5, 5.41) is 9.15. The first-order chi connectivity index (χ1) is 8.24. The minimum Gasteiger partial charge on any atom is -0.464 e. The molecular weight excluding hydrogens is 244 g/mol. The zero-order chi connectivity index (χ0) is 12.3. The van der Waals surface area contributed by atoms with Crippen molar-refractivity contribution in [3.05, 3.63) is 5.28 Å². The molecule has 1 fully saturated rings. The lowest BCUT2D eigenvalue weighted by molar-refractivity contribution is 0.298. The largest absolute Gasteiger partial charge is 0.464 e. The van der Waals surface area contributed by atoms with Gasteiger partial charge in [-0.1, -0.05) is 0 Å². The van der Waals surface area contributed by atoms with Gasteiger partial charge in [0.2, 0.25) is 11.2 Å². The zero-order valence-corrected chi connectivity index (χ0v) is 10.4. The van der Waals surface area contributed by atoms with Crippen molar-refractivity contribution >= 4 is 17.5 Å². The molecule has 2 rings (SSSR count). The lowest BCUT2D eigenvalue weighted by atomic mass is 10.5. The van der Waals surface area contributed by atoms with Crippen LogP contribution in [-0.2, 0) is 0 Å². The molecule has 0 aliphatic heterocycles. The molecule has 0 amide bonds. The third-order valence-electron chi connectivity index (χ3n) is 2.43. The molecule has 1 saturated carbocycles. The maximum absolute atomic E-state index is 9.04. The normalized spacial score (nSPS) is 14.8. The Balaban J connectivity index is 2.22. The summed E-state index contributed by atoms with van der Waals surface area (Å²) in [7, 11) is 0. The Kier molecular flexibility index (Phi) is 3.96. The molecule has 0 aromatic carbocycles. The lowest BCUT2D eigenvalue weighted by Crippen LogP contribution is -2.30. The number of nitrogens with zero attached hydrogens (tertiary/aromatic N) is 4. The van der Waals surface area contributed by atoms with Gasteiger partial charge in [0, 0.05) is 12.6 Å². The van der Waals surface area contributed by atoms with Gasteiger partial charge in [-0.3, -0.25) is 0 Å². The minimum atomic E-state index is 0.0593. The average molecular weight is 259 g/mol. The second-order valence-corrected chi connectivity index (χ2v) is 4.11. The van der Waals surface area contributed by atoms with Crippen LogP contribution in [0.3, 0.4) is 0 Å². The molecule has 0 unspecified atom stereocenters. The number of hydrogen-bond acceptors (Lipinski definition) is 6. The molecule has 1 N–H and O–H groups in total. The first-order valence-electron chi connectivity index (χ1n) is 5.66. The summed E-state index contributed by atoms with van der Waals surface area (Å²) < 4.78 is 5.22. The molecule has 6 nitrogen and oxygen atoms in total. The maximum atomic E-state index is 9.04. The molecule has 1 aliphatic carbocycles. The smallest absolute Gasteiger partial charge is 0.322 e. The molecule has 94 valence electrons. The van der Waals surface area contributed by atoms with E-state index >= 15 is 0 Å². The quantitative estimate of drug-likeness (QED) is 0.817. The highest BCUT2D eigenvalue weighted by Gasteiger charge is 2.31. The average Bonchev–Trinajstić information content (AvgIpc) is 3.09. The molecule has 1 aliphatic rings. The van der Waals surface area contributed by atoms with Gasteiger partial charge in [0.1, 0.15) is 0 Å². The molecule has 17 heavy (non-hydrogen) atoms. The number of aliphatic hydroxyl groups is 1. The maximum Gasteiger partial charge on any atom is 0.322 e. The van der Waals surface area contributed by atoms with Gasteiger partial charge in [0.25, 0.3) is 0 Å². The molecule has 1 aromatic heterocycles. The number of anilines is 1. The minimum absolute atomic E-state index is 0.0593. The Labute approximate surface area is 105 Å². The van der Waals surface area contributed by atoms with Gasteiger partial charge in [0.15, 0.2) is 0 Å². The molecule has 0 saturated heterocycles. The van der Waals surface area contributed by atoms with E-state index in [0.29, 0.717) is 25.1 Å². The zero-order valence-electron chi connectivity index (χ0n) is 9.64. The van der Waals surface area contributed by atoms with Gasteiger partial charge < -0.3 is 14.7 Å². The van der Waals surface area contributed by atoms with Crippen molar-refractivity contribution in [1.29, 1.82) is 0 Å². The molecule has 7 heteroatoms. The summed E-state index contributed by atoms with van der Waals surface area (Å²) in [5.74, 6) is 0.477. The molecule has 0 radical (unpaired) electrons. The van der Waals surface area contributed by atoms with E-state index in [4.69, 9.17) is 21.4 Å². The van der Waals surface area contributed by atoms with Crippen molar-refractivity contribution in [2.75, 3.05) is 24.7 Å². The SMILES string of the molecule is CCOc1nc(Cl)nc(N(CCO)C2CC2)n1. The van der Waals surface area contributed by atoms with Crippen LogP contribution in [0.4, 0.5) is 5.95 Å². The first-order valence-corrected chi connectivity index (χ1v) is 6.04. The highest BCUT2D eigenvalue weighted by atomic mass is 35.5. The summed E-state index contributed by atoms with van der Waals surface area (Å²) >= 11 is 5.82. The van der Waals surface area contributed by atoms with Crippen LogP contribution in [0, 0.1) is 0 Å². The van der Waals surface area contributed by atoms with E-state index < -0.39 is 0 Å². The Morgan fingerprint density at radius 2 is 2.18 bits per heavy atom. The van der Waals surface area contributed by atoms with Crippen molar-refractivity contribution in [3.63, 3.8) is 0 Å². The Hall–Kier alpha value is -1.14. The third kappa shape index (κ3) is 3.17. The van der Waals surface area contributed by atoms with Crippen molar-refractivity contribution < 1.29 is 9.84 Å². The van der Waals surface area contributed by atoms with Crippen molar-refractivity contribution in [3.8, 4) is 6.01 Å². The number of aliphatic hydroxyl groups excluding tert-OH is 1. The fourth-order valence-electron chi connectivity index (χ4n) is 1.58. The number of halogens is 1. The van der Waals surface area contributed by atoms with E-state index in [-0.39, 0.29) is 17.9 Å². The Morgan fingerprint density at radius 3 is 2.76 bits per heavy atom. The standard InChI is InChI=1S/C10H15ClN4O2/c1-2-17-10-13-8(11)12-9(14-10)15(5-6-16)7-3-4-7/h7,16H,2-6H2,1H3. The molecule has 0 atom stereocenters. The van der Waals surface area contributed by atoms with Gasteiger partial charge in [-0.05, 0) is 31.4 Å². The van der Waals surface area contributed by atoms with Crippen LogP contribution in [-0.4, -0.2) is 45.9 Å². The second kappa shape index (κ2) is 5.46. The molecule has 0 spiro atoms. The van der Waals surface area contributed by atoms with Gasteiger partial charge in [-0.25, -0.2) is 0 Å². The summed E-state index contributed by atoms with van der Waals surface area (Å²) in [5.41, 5.74) is 0. The monoisotopic (exact) mass is 258 g/mol. The third-order valence-corrected chi connectivity index (χ3v) is 2.60. The summed E-state index contributed by atoms with van der Waals surface area (Å²) in [6, 6.07) is 0.626. The van der Waals surface area contributed by atoms with Gasteiger partial charge in [0.05, 0.1) is 13.2 Å². The predicted molar refractivity (Wildman–Crippen MR) is 63.5 cm³/mol. The number of hydrogen-bond donors (Lipinski definition) is 1. The summed E-state index contributed by atoms with van der Waals surface area (Å²) in [4.78, 5) is 14.1. The van der Waals surface area contributed by atoms with E-state index in [2.05, 4.69) is 15.0 Å². The van der Waals surface area contributed by atoms with Crippen LogP contribution in [0.1, 0.15) is 19.8 Å². The van der Waals surface area contributed by atoms with Crippen LogP contribution in [0.2, 0.25) is 5.28 Å². The van der Waals surface area contributed by atoms with Gasteiger partial charge in [-0.15, -0.1) is 0 Å². The number of aromatic nitrogens is 3.